The van der Waals surface area contributed by atoms with Gasteiger partial charge >= 0.3 is 0 Å². The van der Waals surface area contributed by atoms with Gasteiger partial charge in [-0.3, -0.25) is 9.48 Å². The molecule has 1 aliphatic carbocycles. The fraction of sp³-hybridized carbons (Fsp3) is 0.312. The number of aryl methyl sites for hydroxylation is 2. The van der Waals surface area contributed by atoms with Gasteiger partial charge in [0.1, 0.15) is 5.76 Å². The number of nitrogens with zero attached hydrogens (tertiary/aromatic N) is 3. The number of fused-ring (bicyclic) bond motifs is 1. The summed E-state index contributed by atoms with van der Waals surface area (Å²) in [6.07, 6.45) is 4.15. The lowest BCUT2D eigenvalue weighted by molar-refractivity contribution is -0.117. The van der Waals surface area contributed by atoms with Gasteiger partial charge in [-0.05, 0) is 31.5 Å². The molecule has 0 saturated heterocycles. The molecule has 0 unspecified atom stereocenters. The number of rotatable bonds is 3. The van der Waals surface area contributed by atoms with Crippen LogP contribution in [-0.2, 0) is 11.8 Å². The van der Waals surface area contributed by atoms with Crippen molar-refractivity contribution in [1.82, 2.24) is 14.8 Å². The molecule has 2 atom stereocenters. The van der Waals surface area contributed by atoms with E-state index in [1.165, 1.54) is 0 Å². The van der Waals surface area contributed by atoms with Gasteiger partial charge in [-0.1, -0.05) is 0 Å². The van der Waals surface area contributed by atoms with Crippen LogP contribution in [0.3, 0.4) is 0 Å². The van der Waals surface area contributed by atoms with E-state index in [1.54, 1.807) is 17.1 Å². The molecule has 1 amide bonds. The first-order valence-corrected chi connectivity index (χ1v) is 7.27. The van der Waals surface area contributed by atoms with Crippen LogP contribution in [0.25, 0.3) is 11.0 Å². The van der Waals surface area contributed by atoms with Gasteiger partial charge in [0.15, 0.2) is 5.65 Å². The first-order valence-electron chi connectivity index (χ1n) is 7.27. The van der Waals surface area contributed by atoms with Gasteiger partial charge in [0.25, 0.3) is 0 Å². The lowest BCUT2D eigenvalue weighted by atomic mass is 10.2. The maximum Gasteiger partial charge on any atom is 0.228 e. The van der Waals surface area contributed by atoms with Crippen molar-refractivity contribution >= 4 is 22.6 Å². The summed E-state index contributed by atoms with van der Waals surface area (Å²) in [6, 6.07) is 5.70. The first-order chi connectivity index (χ1) is 10.6. The Balaban J connectivity index is 1.52. The standard InChI is InChI=1S/C16H16N4O2/c1-9-11-6-10(8-17-15(11)20(2)19-9)18-16(21)13-7-12(13)14-4-3-5-22-14/h3-6,8,12-13H,7H2,1-2H3,(H,18,21)/t12-,13+/m1/s1. The Hall–Kier alpha value is -2.63. The molecule has 1 fully saturated rings. The topological polar surface area (TPSA) is 73.0 Å². The highest BCUT2D eigenvalue weighted by Crippen LogP contribution is 2.48. The van der Waals surface area contributed by atoms with E-state index in [2.05, 4.69) is 15.4 Å². The highest BCUT2D eigenvalue weighted by atomic mass is 16.3. The molecule has 3 aromatic rings. The Labute approximate surface area is 127 Å². The zero-order valence-corrected chi connectivity index (χ0v) is 12.4. The third kappa shape index (κ3) is 2.07. The number of nitrogens with one attached hydrogen (secondary N) is 1. The minimum absolute atomic E-state index is 0.0168. The number of amides is 1. The highest BCUT2D eigenvalue weighted by molar-refractivity contribution is 5.96. The molecule has 112 valence electrons. The molecular formula is C16H16N4O2. The Morgan fingerprint density at radius 1 is 1.50 bits per heavy atom. The van der Waals surface area contributed by atoms with Crippen molar-refractivity contribution in [2.75, 3.05) is 5.32 Å². The molecule has 0 aromatic carbocycles. The Morgan fingerprint density at radius 2 is 2.36 bits per heavy atom. The van der Waals surface area contributed by atoms with Crippen molar-refractivity contribution in [3.05, 3.63) is 42.1 Å². The number of pyridine rings is 1. The second-order valence-corrected chi connectivity index (χ2v) is 5.76. The van der Waals surface area contributed by atoms with Crippen LogP contribution < -0.4 is 5.32 Å². The first kappa shape index (κ1) is 13.1. The van der Waals surface area contributed by atoms with E-state index in [0.717, 1.165) is 28.9 Å². The Kier molecular flexibility index (Phi) is 2.79. The van der Waals surface area contributed by atoms with Gasteiger partial charge < -0.3 is 9.73 Å². The van der Waals surface area contributed by atoms with E-state index in [1.807, 2.05) is 32.2 Å². The zero-order chi connectivity index (χ0) is 15.3. The van der Waals surface area contributed by atoms with Gasteiger partial charge in [0.05, 0.1) is 23.8 Å². The van der Waals surface area contributed by atoms with Crippen molar-refractivity contribution in [2.24, 2.45) is 13.0 Å². The zero-order valence-electron chi connectivity index (χ0n) is 12.4. The second-order valence-electron chi connectivity index (χ2n) is 5.76. The normalized spacial score (nSPS) is 20.3. The molecule has 6 nitrogen and oxygen atoms in total. The fourth-order valence-corrected chi connectivity index (χ4v) is 2.91. The smallest absolute Gasteiger partial charge is 0.228 e. The maximum atomic E-state index is 12.3. The number of hydrogen-bond acceptors (Lipinski definition) is 4. The molecule has 0 radical (unpaired) electrons. The number of carbonyl (C=O) groups excluding carboxylic acids is 1. The van der Waals surface area contributed by atoms with E-state index in [4.69, 9.17) is 4.42 Å². The molecule has 6 heteroatoms. The quantitative estimate of drug-likeness (QED) is 0.806. The summed E-state index contributed by atoms with van der Waals surface area (Å²) in [6.45, 7) is 1.93. The maximum absolute atomic E-state index is 12.3. The number of furan rings is 1. The Bertz CT molecular complexity index is 851. The monoisotopic (exact) mass is 296 g/mol. The van der Waals surface area contributed by atoms with E-state index >= 15 is 0 Å². The van der Waals surface area contributed by atoms with Gasteiger partial charge in [0.2, 0.25) is 5.91 Å². The van der Waals surface area contributed by atoms with Crippen LogP contribution in [0, 0.1) is 12.8 Å². The summed E-state index contributed by atoms with van der Waals surface area (Å²) in [5.41, 5.74) is 2.43. The molecule has 0 aliphatic heterocycles. The molecule has 4 rings (SSSR count). The number of hydrogen-bond donors (Lipinski definition) is 1. The predicted octanol–water partition coefficient (Wildman–Crippen LogP) is 2.61. The van der Waals surface area contributed by atoms with Gasteiger partial charge in [-0.2, -0.15) is 5.10 Å². The highest BCUT2D eigenvalue weighted by Gasteiger charge is 2.45. The van der Waals surface area contributed by atoms with Crippen LogP contribution in [0.2, 0.25) is 0 Å². The van der Waals surface area contributed by atoms with Crippen molar-refractivity contribution in [1.29, 1.82) is 0 Å². The third-order valence-electron chi connectivity index (χ3n) is 4.17. The molecule has 3 heterocycles. The second kappa shape index (κ2) is 4.69. The minimum atomic E-state index is -0.0168. The van der Waals surface area contributed by atoms with Crippen LogP contribution in [0.5, 0.6) is 0 Å². The van der Waals surface area contributed by atoms with Crippen LogP contribution in [-0.4, -0.2) is 20.7 Å². The van der Waals surface area contributed by atoms with Crippen LogP contribution >= 0.6 is 0 Å². The molecule has 1 aliphatic rings. The van der Waals surface area contributed by atoms with E-state index in [0.29, 0.717) is 5.69 Å². The van der Waals surface area contributed by atoms with E-state index in [-0.39, 0.29) is 17.7 Å². The summed E-state index contributed by atoms with van der Waals surface area (Å²) in [4.78, 5) is 16.7. The van der Waals surface area contributed by atoms with E-state index < -0.39 is 0 Å². The average molecular weight is 296 g/mol. The van der Waals surface area contributed by atoms with Crippen molar-refractivity contribution in [2.45, 2.75) is 19.3 Å². The average Bonchev–Trinajstić information content (AvgIpc) is 3.01. The van der Waals surface area contributed by atoms with Crippen LogP contribution in [0.15, 0.2) is 35.1 Å². The van der Waals surface area contributed by atoms with Gasteiger partial charge in [-0.15, -0.1) is 0 Å². The molecule has 22 heavy (non-hydrogen) atoms. The SMILES string of the molecule is Cc1nn(C)c2ncc(NC(=O)[C@H]3C[C@H]3c3ccco3)cc12. The summed E-state index contributed by atoms with van der Waals surface area (Å²) in [5, 5.41) is 8.23. The van der Waals surface area contributed by atoms with Crippen molar-refractivity contribution in [3.63, 3.8) is 0 Å². The Morgan fingerprint density at radius 3 is 3.14 bits per heavy atom. The summed E-state index contributed by atoms with van der Waals surface area (Å²) < 4.78 is 7.10. The van der Waals surface area contributed by atoms with Gasteiger partial charge in [-0.25, -0.2) is 4.98 Å². The molecule has 1 saturated carbocycles. The molecule has 0 spiro atoms. The lowest BCUT2D eigenvalue weighted by Crippen LogP contribution is -2.14. The summed E-state index contributed by atoms with van der Waals surface area (Å²) in [7, 11) is 1.86. The molecule has 3 aromatic heterocycles. The molecule has 1 N–H and O–H groups in total. The molecular weight excluding hydrogens is 280 g/mol. The largest absolute Gasteiger partial charge is 0.469 e. The summed E-state index contributed by atoms with van der Waals surface area (Å²) in [5.74, 6) is 1.09. The lowest BCUT2D eigenvalue weighted by Gasteiger charge is -2.04. The van der Waals surface area contributed by atoms with Gasteiger partial charge in [0, 0.05) is 24.3 Å². The number of carbonyl (C=O) groups is 1. The van der Waals surface area contributed by atoms with Crippen LogP contribution in [0.1, 0.15) is 23.8 Å². The minimum Gasteiger partial charge on any atom is -0.469 e. The van der Waals surface area contributed by atoms with Crippen molar-refractivity contribution < 1.29 is 9.21 Å². The number of anilines is 1. The van der Waals surface area contributed by atoms with E-state index in [9.17, 15) is 4.79 Å². The third-order valence-corrected chi connectivity index (χ3v) is 4.17. The number of aromatic nitrogens is 3. The summed E-state index contributed by atoms with van der Waals surface area (Å²) >= 11 is 0. The van der Waals surface area contributed by atoms with Crippen LogP contribution in [0.4, 0.5) is 5.69 Å². The van der Waals surface area contributed by atoms with Crippen molar-refractivity contribution in [3.8, 4) is 0 Å². The predicted molar refractivity (Wildman–Crippen MR) is 81.4 cm³/mol. The molecule has 0 bridgehead atoms. The fourth-order valence-electron chi connectivity index (χ4n) is 2.91.